The van der Waals surface area contributed by atoms with E-state index in [9.17, 15) is 0 Å². The zero-order valence-corrected chi connectivity index (χ0v) is 13.8. The zero-order valence-electron chi connectivity index (χ0n) is 12.9. The summed E-state index contributed by atoms with van der Waals surface area (Å²) in [5.74, 6) is 0. The predicted molar refractivity (Wildman–Crippen MR) is 86.0 cm³/mol. The van der Waals surface area contributed by atoms with Crippen molar-refractivity contribution in [3.8, 4) is 0 Å². The van der Waals surface area contributed by atoms with Crippen molar-refractivity contribution in [1.29, 1.82) is 0 Å². The molecule has 0 heterocycles. The van der Waals surface area contributed by atoms with Crippen molar-refractivity contribution in [2.75, 3.05) is 24.6 Å². The standard InChI is InChI=1S/C16H36P/c1-5-9-11-12-13-14-16-17(7-3,8-4)15-10-6-2/h5-16H2,1-4H3/q+1. The molecule has 0 N–H and O–H groups in total. The SMILES string of the molecule is CCCCCCCC[P+](CC)(CC)CCCC. The molecule has 0 aromatic heterocycles. The summed E-state index contributed by atoms with van der Waals surface area (Å²) < 4.78 is 0. The van der Waals surface area contributed by atoms with Crippen LogP contribution in [0.15, 0.2) is 0 Å². The largest absolute Gasteiger partial charge is 0.0654 e. The van der Waals surface area contributed by atoms with Gasteiger partial charge >= 0.3 is 0 Å². The van der Waals surface area contributed by atoms with Gasteiger partial charge in [-0.15, -0.1) is 0 Å². The molecule has 104 valence electrons. The van der Waals surface area contributed by atoms with Gasteiger partial charge in [0.25, 0.3) is 0 Å². The van der Waals surface area contributed by atoms with Crippen LogP contribution in [0.3, 0.4) is 0 Å². The third-order valence-corrected chi connectivity index (χ3v) is 9.53. The molecule has 0 spiro atoms. The fourth-order valence-corrected chi connectivity index (χ4v) is 6.51. The van der Waals surface area contributed by atoms with E-state index in [1.165, 1.54) is 63.7 Å². The maximum Gasteiger partial charge on any atom is 0.0594 e. The van der Waals surface area contributed by atoms with E-state index in [-0.39, 0.29) is 0 Å². The number of hydrogen-bond acceptors (Lipinski definition) is 0. The van der Waals surface area contributed by atoms with Crippen molar-refractivity contribution < 1.29 is 0 Å². The Bertz CT molecular complexity index is 150. The Morgan fingerprint density at radius 3 is 1.53 bits per heavy atom. The Morgan fingerprint density at radius 2 is 1.00 bits per heavy atom. The van der Waals surface area contributed by atoms with Gasteiger partial charge in [-0.05, 0) is 33.1 Å². The summed E-state index contributed by atoms with van der Waals surface area (Å²) in [7, 11) is -0.530. The van der Waals surface area contributed by atoms with E-state index in [1.807, 2.05) is 0 Å². The molecule has 0 saturated carbocycles. The molecule has 0 aliphatic rings. The van der Waals surface area contributed by atoms with Gasteiger partial charge in [0.1, 0.15) is 0 Å². The lowest BCUT2D eigenvalue weighted by atomic mass is 10.1. The van der Waals surface area contributed by atoms with Gasteiger partial charge in [0, 0.05) is 7.26 Å². The van der Waals surface area contributed by atoms with Gasteiger partial charge in [-0.3, -0.25) is 0 Å². The number of hydrogen-bond donors (Lipinski definition) is 0. The number of rotatable bonds is 12. The lowest BCUT2D eigenvalue weighted by Crippen LogP contribution is -2.09. The van der Waals surface area contributed by atoms with E-state index >= 15 is 0 Å². The van der Waals surface area contributed by atoms with Crippen molar-refractivity contribution in [1.82, 2.24) is 0 Å². The Hall–Kier alpha value is 0.430. The zero-order chi connectivity index (χ0) is 13.0. The van der Waals surface area contributed by atoms with Crippen molar-refractivity contribution in [3.05, 3.63) is 0 Å². The van der Waals surface area contributed by atoms with Crippen LogP contribution in [-0.4, -0.2) is 24.6 Å². The van der Waals surface area contributed by atoms with E-state index in [1.54, 1.807) is 12.3 Å². The molecule has 0 nitrogen and oxygen atoms in total. The Labute approximate surface area is 111 Å². The summed E-state index contributed by atoms with van der Waals surface area (Å²) in [5.41, 5.74) is 0. The van der Waals surface area contributed by atoms with Gasteiger partial charge in [-0.25, -0.2) is 0 Å². The molecule has 0 atom stereocenters. The fraction of sp³-hybridized carbons (Fsp3) is 1.00. The minimum atomic E-state index is -0.530. The Kier molecular flexibility index (Phi) is 11.8. The van der Waals surface area contributed by atoms with Crippen LogP contribution in [0.2, 0.25) is 0 Å². The first kappa shape index (κ1) is 17.4. The van der Waals surface area contributed by atoms with Crippen molar-refractivity contribution in [2.24, 2.45) is 0 Å². The highest BCUT2D eigenvalue weighted by Gasteiger charge is 2.31. The molecular weight excluding hydrogens is 223 g/mol. The van der Waals surface area contributed by atoms with Crippen LogP contribution in [0.5, 0.6) is 0 Å². The second-order valence-corrected chi connectivity index (χ2v) is 10.4. The Morgan fingerprint density at radius 1 is 0.529 bits per heavy atom. The molecule has 0 aromatic rings. The van der Waals surface area contributed by atoms with E-state index in [0.29, 0.717) is 0 Å². The molecule has 0 aliphatic carbocycles. The summed E-state index contributed by atoms with van der Waals surface area (Å²) in [6.45, 7) is 9.54. The molecule has 0 radical (unpaired) electrons. The summed E-state index contributed by atoms with van der Waals surface area (Å²) in [6.07, 6.45) is 17.8. The van der Waals surface area contributed by atoms with Crippen LogP contribution < -0.4 is 0 Å². The lowest BCUT2D eigenvalue weighted by molar-refractivity contribution is 0.625. The fourth-order valence-electron chi connectivity index (χ4n) is 2.69. The first-order valence-electron chi connectivity index (χ1n) is 8.09. The molecule has 0 amide bonds. The summed E-state index contributed by atoms with van der Waals surface area (Å²) in [4.78, 5) is 0. The maximum absolute atomic E-state index is 2.45. The van der Waals surface area contributed by atoms with E-state index in [2.05, 4.69) is 27.7 Å². The van der Waals surface area contributed by atoms with Gasteiger partial charge in [0.15, 0.2) is 0 Å². The highest BCUT2D eigenvalue weighted by molar-refractivity contribution is 7.75. The highest BCUT2D eigenvalue weighted by Crippen LogP contribution is 2.59. The average Bonchev–Trinajstić information content (AvgIpc) is 2.38. The molecule has 0 bridgehead atoms. The predicted octanol–water partition coefficient (Wildman–Crippen LogP) is 6.20. The smallest absolute Gasteiger partial charge is 0.0594 e. The van der Waals surface area contributed by atoms with E-state index in [0.717, 1.165) is 0 Å². The van der Waals surface area contributed by atoms with Crippen LogP contribution in [0.1, 0.15) is 79.1 Å². The topological polar surface area (TPSA) is 0 Å². The highest BCUT2D eigenvalue weighted by atomic mass is 31.2. The molecule has 1 heteroatoms. The lowest BCUT2D eigenvalue weighted by Gasteiger charge is -2.25. The minimum Gasteiger partial charge on any atom is -0.0654 e. The average molecular weight is 259 g/mol. The van der Waals surface area contributed by atoms with E-state index < -0.39 is 7.26 Å². The Balaban J connectivity index is 3.75. The van der Waals surface area contributed by atoms with Crippen LogP contribution in [-0.2, 0) is 0 Å². The van der Waals surface area contributed by atoms with Gasteiger partial charge in [0.05, 0.1) is 24.6 Å². The summed E-state index contributed by atoms with van der Waals surface area (Å²) >= 11 is 0. The van der Waals surface area contributed by atoms with Crippen LogP contribution in [0.25, 0.3) is 0 Å². The molecular formula is C16H36P+. The third kappa shape index (κ3) is 8.20. The van der Waals surface area contributed by atoms with Crippen molar-refractivity contribution in [2.45, 2.75) is 79.1 Å². The third-order valence-electron chi connectivity index (χ3n) is 4.31. The van der Waals surface area contributed by atoms with Gasteiger partial charge < -0.3 is 0 Å². The first-order chi connectivity index (χ1) is 8.24. The molecule has 0 rings (SSSR count). The summed E-state index contributed by atoms with van der Waals surface area (Å²) in [5, 5.41) is 0. The number of unbranched alkanes of at least 4 members (excludes halogenated alkanes) is 6. The second kappa shape index (κ2) is 11.5. The maximum atomic E-state index is 2.45. The van der Waals surface area contributed by atoms with Crippen molar-refractivity contribution >= 4 is 7.26 Å². The monoisotopic (exact) mass is 259 g/mol. The van der Waals surface area contributed by atoms with Crippen molar-refractivity contribution in [3.63, 3.8) is 0 Å². The van der Waals surface area contributed by atoms with E-state index in [4.69, 9.17) is 0 Å². The molecule has 0 aliphatic heterocycles. The van der Waals surface area contributed by atoms with Crippen LogP contribution >= 0.6 is 7.26 Å². The van der Waals surface area contributed by atoms with Gasteiger partial charge in [0.2, 0.25) is 0 Å². The molecule has 0 fully saturated rings. The first-order valence-corrected chi connectivity index (χ1v) is 10.6. The molecule has 0 saturated heterocycles. The summed E-state index contributed by atoms with van der Waals surface area (Å²) in [6, 6.07) is 0. The molecule has 17 heavy (non-hydrogen) atoms. The van der Waals surface area contributed by atoms with Crippen LogP contribution in [0.4, 0.5) is 0 Å². The molecule has 0 unspecified atom stereocenters. The minimum absolute atomic E-state index is 0.530. The molecule has 0 aromatic carbocycles. The quantitative estimate of drug-likeness (QED) is 0.289. The van der Waals surface area contributed by atoms with Gasteiger partial charge in [-0.1, -0.05) is 46.0 Å². The normalized spacial score (nSPS) is 12.0. The second-order valence-electron chi connectivity index (χ2n) is 5.54. The van der Waals surface area contributed by atoms with Gasteiger partial charge in [-0.2, -0.15) is 0 Å². The van der Waals surface area contributed by atoms with Crippen LogP contribution in [0, 0.1) is 0 Å².